The van der Waals surface area contributed by atoms with E-state index in [9.17, 15) is 9.59 Å². The van der Waals surface area contributed by atoms with Crippen LogP contribution in [-0.4, -0.2) is 23.0 Å². The molecule has 0 aliphatic heterocycles. The van der Waals surface area contributed by atoms with E-state index < -0.39 is 5.97 Å². The number of nitrogens with one attached hydrogen (secondary N) is 1. The van der Waals surface area contributed by atoms with Crippen LogP contribution in [0.1, 0.15) is 48.1 Å². The van der Waals surface area contributed by atoms with Crippen molar-refractivity contribution in [1.29, 1.82) is 0 Å². The van der Waals surface area contributed by atoms with Gasteiger partial charge in [0.05, 0.1) is 5.92 Å². The van der Waals surface area contributed by atoms with Crippen LogP contribution in [0.3, 0.4) is 0 Å². The molecule has 1 heterocycles. The van der Waals surface area contributed by atoms with Gasteiger partial charge in [0, 0.05) is 12.5 Å². The minimum absolute atomic E-state index is 0.0657. The van der Waals surface area contributed by atoms with E-state index in [4.69, 9.17) is 9.52 Å². The van der Waals surface area contributed by atoms with Gasteiger partial charge in [-0.2, -0.15) is 0 Å². The Kier molecular flexibility index (Phi) is 3.93. The molecule has 5 heteroatoms. The van der Waals surface area contributed by atoms with Crippen LogP contribution < -0.4 is 5.32 Å². The van der Waals surface area contributed by atoms with Crippen LogP contribution in [0.5, 0.6) is 0 Å². The molecular weight excluding hydrogens is 246 g/mol. The maximum Gasteiger partial charge on any atom is 0.306 e. The van der Waals surface area contributed by atoms with Crippen LogP contribution in [0, 0.1) is 12.8 Å². The number of carboxylic acids is 1. The Morgan fingerprint density at radius 1 is 1.47 bits per heavy atom. The van der Waals surface area contributed by atoms with Gasteiger partial charge in [0.1, 0.15) is 5.76 Å². The molecule has 0 bridgehead atoms. The van der Waals surface area contributed by atoms with E-state index in [0.29, 0.717) is 25.0 Å². The topological polar surface area (TPSA) is 79.5 Å². The number of aryl methyl sites for hydroxylation is 2. The Labute approximate surface area is 112 Å². The van der Waals surface area contributed by atoms with E-state index in [1.54, 1.807) is 6.07 Å². The second-order valence-electron chi connectivity index (χ2n) is 5.09. The smallest absolute Gasteiger partial charge is 0.306 e. The first-order valence-electron chi connectivity index (χ1n) is 6.64. The van der Waals surface area contributed by atoms with Gasteiger partial charge < -0.3 is 14.8 Å². The summed E-state index contributed by atoms with van der Waals surface area (Å²) in [6, 6.07) is 1.67. The fourth-order valence-corrected chi connectivity index (χ4v) is 2.58. The van der Waals surface area contributed by atoms with Crippen LogP contribution in [-0.2, 0) is 11.2 Å². The lowest BCUT2D eigenvalue weighted by Crippen LogP contribution is -2.33. The Hall–Kier alpha value is -1.78. The van der Waals surface area contributed by atoms with Gasteiger partial charge in [0.25, 0.3) is 5.91 Å². The highest BCUT2D eigenvalue weighted by Crippen LogP contribution is 2.26. The molecule has 1 saturated carbocycles. The lowest BCUT2D eigenvalue weighted by atomic mass is 10.1. The number of hydrogen-bond donors (Lipinski definition) is 2. The van der Waals surface area contributed by atoms with Gasteiger partial charge in [-0.3, -0.25) is 9.59 Å². The lowest BCUT2D eigenvalue weighted by Gasteiger charge is -2.10. The molecule has 104 valence electrons. The van der Waals surface area contributed by atoms with Crippen molar-refractivity contribution in [2.45, 2.75) is 45.6 Å². The highest BCUT2D eigenvalue weighted by molar-refractivity contribution is 5.92. The Morgan fingerprint density at radius 2 is 2.21 bits per heavy atom. The monoisotopic (exact) mass is 265 g/mol. The number of furan rings is 1. The maximum atomic E-state index is 12.0. The Morgan fingerprint density at radius 3 is 2.74 bits per heavy atom. The number of rotatable bonds is 4. The summed E-state index contributed by atoms with van der Waals surface area (Å²) in [5.41, 5.74) is 0.975. The molecule has 1 fully saturated rings. The van der Waals surface area contributed by atoms with E-state index in [0.717, 1.165) is 17.7 Å². The fraction of sp³-hybridized carbons (Fsp3) is 0.571. The lowest BCUT2D eigenvalue weighted by molar-refractivity contribution is -0.141. The van der Waals surface area contributed by atoms with Crippen molar-refractivity contribution < 1.29 is 19.1 Å². The number of carboxylic acid groups (broad SMARTS) is 1. The largest absolute Gasteiger partial charge is 0.481 e. The fourth-order valence-electron chi connectivity index (χ4n) is 2.58. The first-order valence-corrected chi connectivity index (χ1v) is 6.64. The van der Waals surface area contributed by atoms with E-state index in [2.05, 4.69) is 5.32 Å². The molecule has 19 heavy (non-hydrogen) atoms. The van der Waals surface area contributed by atoms with Gasteiger partial charge in [-0.15, -0.1) is 0 Å². The van der Waals surface area contributed by atoms with Crippen molar-refractivity contribution in [2.24, 2.45) is 5.92 Å². The summed E-state index contributed by atoms with van der Waals surface area (Å²) < 4.78 is 5.48. The molecule has 0 spiro atoms. The standard InChI is InChI=1S/C14H19NO4/c1-3-11-8(2)6-12(19-11)13(16)15-10-5-4-9(7-10)14(17)18/h6,9-10H,3-5,7H2,1-2H3,(H,15,16)(H,17,18)/t9-,10+/m0/s1. The molecule has 1 aliphatic rings. The van der Waals surface area contributed by atoms with Gasteiger partial charge in [-0.05, 0) is 37.8 Å². The quantitative estimate of drug-likeness (QED) is 0.874. The summed E-state index contributed by atoms with van der Waals surface area (Å²) >= 11 is 0. The molecule has 2 rings (SSSR count). The number of carbonyl (C=O) groups excluding carboxylic acids is 1. The molecule has 1 aliphatic carbocycles. The highest BCUT2D eigenvalue weighted by Gasteiger charge is 2.31. The molecule has 1 aromatic heterocycles. The number of amides is 1. The number of hydrogen-bond acceptors (Lipinski definition) is 3. The van der Waals surface area contributed by atoms with Crippen LogP contribution in [0.15, 0.2) is 10.5 Å². The number of carbonyl (C=O) groups is 2. The first-order chi connectivity index (χ1) is 9.01. The van der Waals surface area contributed by atoms with Gasteiger partial charge in [-0.1, -0.05) is 6.92 Å². The predicted octanol–water partition coefficient (Wildman–Crippen LogP) is 2.13. The van der Waals surface area contributed by atoms with E-state index in [1.807, 2.05) is 13.8 Å². The van der Waals surface area contributed by atoms with Gasteiger partial charge in [-0.25, -0.2) is 0 Å². The van der Waals surface area contributed by atoms with Gasteiger partial charge in [0.2, 0.25) is 0 Å². The van der Waals surface area contributed by atoms with Gasteiger partial charge in [0.15, 0.2) is 5.76 Å². The second-order valence-corrected chi connectivity index (χ2v) is 5.09. The maximum absolute atomic E-state index is 12.0. The first kappa shape index (κ1) is 13.6. The molecular formula is C14H19NO4. The Balaban J connectivity index is 1.96. The number of aliphatic carboxylic acids is 1. The minimum atomic E-state index is -0.779. The molecule has 2 atom stereocenters. The molecule has 0 aromatic carbocycles. The average Bonchev–Trinajstić information content (AvgIpc) is 2.95. The zero-order chi connectivity index (χ0) is 14.0. The molecule has 0 unspecified atom stereocenters. The van der Waals surface area contributed by atoms with E-state index in [1.165, 1.54) is 0 Å². The van der Waals surface area contributed by atoms with Crippen LogP contribution in [0.25, 0.3) is 0 Å². The zero-order valence-electron chi connectivity index (χ0n) is 11.2. The van der Waals surface area contributed by atoms with Crippen molar-refractivity contribution in [2.75, 3.05) is 0 Å². The summed E-state index contributed by atoms with van der Waals surface area (Å²) in [5.74, 6) is -0.236. The third kappa shape index (κ3) is 2.97. The summed E-state index contributed by atoms with van der Waals surface area (Å²) in [7, 11) is 0. The molecule has 1 aromatic rings. The third-order valence-electron chi connectivity index (χ3n) is 3.68. The van der Waals surface area contributed by atoms with Crippen LogP contribution >= 0.6 is 0 Å². The van der Waals surface area contributed by atoms with Crippen molar-refractivity contribution in [3.05, 3.63) is 23.2 Å². The Bertz CT molecular complexity index is 492. The van der Waals surface area contributed by atoms with E-state index >= 15 is 0 Å². The molecule has 5 nitrogen and oxygen atoms in total. The third-order valence-corrected chi connectivity index (χ3v) is 3.68. The van der Waals surface area contributed by atoms with Crippen molar-refractivity contribution in [3.8, 4) is 0 Å². The molecule has 0 radical (unpaired) electrons. The second kappa shape index (κ2) is 5.47. The summed E-state index contributed by atoms with van der Waals surface area (Å²) in [6.07, 6.45) is 2.59. The van der Waals surface area contributed by atoms with Crippen LogP contribution in [0.4, 0.5) is 0 Å². The molecule has 1 amide bonds. The molecule has 0 saturated heterocycles. The van der Waals surface area contributed by atoms with Crippen molar-refractivity contribution in [3.63, 3.8) is 0 Å². The highest BCUT2D eigenvalue weighted by atomic mass is 16.4. The van der Waals surface area contributed by atoms with E-state index in [-0.39, 0.29) is 17.9 Å². The average molecular weight is 265 g/mol. The summed E-state index contributed by atoms with van der Waals surface area (Å²) in [5, 5.41) is 11.8. The SMILES string of the molecule is CCc1oc(C(=O)N[C@@H]2CC[C@H](C(=O)O)C2)cc1C. The van der Waals surface area contributed by atoms with Crippen LogP contribution in [0.2, 0.25) is 0 Å². The summed E-state index contributed by atoms with van der Waals surface area (Å²) in [6.45, 7) is 3.89. The molecule has 2 N–H and O–H groups in total. The minimum Gasteiger partial charge on any atom is -0.481 e. The summed E-state index contributed by atoms with van der Waals surface area (Å²) in [4.78, 5) is 22.9. The predicted molar refractivity (Wildman–Crippen MR) is 69.1 cm³/mol. The van der Waals surface area contributed by atoms with Gasteiger partial charge >= 0.3 is 5.97 Å². The van der Waals surface area contributed by atoms with Crippen molar-refractivity contribution >= 4 is 11.9 Å². The zero-order valence-corrected chi connectivity index (χ0v) is 11.2. The normalized spacial score (nSPS) is 22.4. The van der Waals surface area contributed by atoms with Crippen molar-refractivity contribution in [1.82, 2.24) is 5.32 Å².